The molecule has 26 heavy (non-hydrogen) atoms. The summed E-state index contributed by atoms with van der Waals surface area (Å²) in [6.07, 6.45) is 8.55. The highest BCUT2D eigenvalue weighted by molar-refractivity contribution is 5.87. The van der Waals surface area contributed by atoms with Crippen molar-refractivity contribution in [3.8, 4) is 22.3 Å². The van der Waals surface area contributed by atoms with Crippen LogP contribution in [-0.4, -0.2) is 6.54 Å². The molecule has 0 saturated heterocycles. The molecule has 0 atom stereocenters. The molecule has 0 fully saturated rings. The fraction of sp³-hybridized carbons (Fsp3) is 0.120. The lowest BCUT2D eigenvalue weighted by Gasteiger charge is -2.16. The summed E-state index contributed by atoms with van der Waals surface area (Å²) >= 11 is 0. The number of hydrogen-bond donors (Lipinski definition) is 1. The lowest BCUT2D eigenvalue weighted by atomic mass is 9.92. The van der Waals surface area contributed by atoms with Crippen LogP contribution in [0.5, 0.6) is 0 Å². The second kappa shape index (κ2) is 7.05. The van der Waals surface area contributed by atoms with Crippen molar-refractivity contribution in [3.63, 3.8) is 0 Å². The van der Waals surface area contributed by atoms with Crippen LogP contribution in [0.4, 0.5) is 5.69 Å². The van der Waals surface area contributed by atoms with E-state index >= 15 is 0 Å². The highest BCUT2D eigenvalue weighted by atomic mass is 14.9. The molecule has 3 aromatic rings. The first-order valence-electron chi connectivity index (χ1n) is 9.10. The number of nitrogens with one attached hydrogen (secondary N) is 1. The molecular weight excluding hydrogens is 314 g/mol. The highest BCUT2D eigenvalue weighted by Crippen LogP contribution is 2.35. The van der Waals surface area contributed by atoms with Crippen LogP contribution >= 0.6 is 0 Å². The van der Waals surface area contributed by atoms with Crippen LogP contribution in [0.1, 0.15) is 16.7 Å². The lowest BCUT2D eigenvalue weighted by Crippen LogP contribution is -2.01. The molecule has 0 unspecified atom stereocenters. The minimum absolute atomic E-state index is 0.827. The van der Waals surface area contributed by atoms with Crippen LogP contribution in [0.15, 0.2) is 78.9 Å². The van der Waals surface area contributed by atoms with Crippen molar-refractivity contribution >= 4 is 11.8 Å². The average molecular weight is 337 g/mol. The summed E-state index contributed by atoms with van der Waals surface area (Å²) in [6.45, 7) is 5.14. The Morgan fingerprint density at radius 1 is 0.731 bits per heavy atom. The maximum Gasteiger partial charge on any atom is 0.0422 e. The first-order valence-corrected chi connectivity index (χ1v) is 9.10. The minimum Gasteiger partial charge on any atom is -0.381 e. The van der Waals surface area contributed by atoms with Gasteiger partial charge in [0.2, 0.25) is 0 Å². The molecule has 1 N–H and O–H groups in total. The van der Waals surface area contributed by atoms with E-state index < -0.39 is 0 Å². The van der Waals surface area contributed by atoms with Crippen molar-refractivity contribution in [3.05, 3.63) is 95.6 Å². The predicted octanol–water partition coefficient (Wildman–Crippen LogP) is 6.63. The SMILES string of the molecule is Cc1cc(C)cc(-c2ccc3c(c2)-c2ccccc2NC/C=C\C=C/3)c1. The second-order valence-corrected chi connectivity index (χ2v) is 6.89. The molecule has 1 heterocycles. The summed E-state index contributed by atoms with van der Waals surface area (Å²) < 4.78 is 0. The molecule has 1 aliphatic heterocycles. The zero-order chi connectivity index (χ0) is 17.9. The maximum absolute atomic E-state index is 3.53. The molecule has 0 amide bonds. The van der Waals surface area contributed by atoms with Crippen molar-refractivity contribution in [2.75, 3.05) is 11.9 Å². The minimum atomic E-state index is 0.827. The van der Waals surface area contributed by atoms with E-state index in [1.54, 1.807) is 0 Å². The second-order valence-electron chi connectivity index (χ2n) is 6.89. The molecule has 0 aliphatic carbocycles. The molecular formula is C25H23N. The Morgan fingerprint density at radius 2 is 1.54 bits per heavy atom. The fourth-order valence-electron chi connectivity index (χ4n) is 3.60. The van der Waals surface area contributed by atoms with Gasteiger partial charge in [-0.05, 0) is 48.2 Å². The summed E-state index contributed by atoms with van der Waals surface area (Å²) in [4.78, 5) is 0. The van der Waals surface area contributed by atoms with Crippen LogP contribution in [0.25, 0.3) is 28.3 Å². The van der Waals surface area contributed by atoms with E-state index in [2.05, 4.69) is 104 Å². The molecule has 3 aromatic carbocycles. The largest absolute Gasteiger partial charge is 0.381 e. The highest BCUT2D eigenvalue weighted by Gasteiger charge is 2.11. The Bertz CT molecular complexity index is 988. The molecule has 0 radical (unpaired) electrons. The van der Waals surface area contributed by atoms with E-state index in [4.69, 9.17) is 0 Å². The Balaban J connectivity index is 1.93. The number of allylic oxidation sites excluding steroid dienone is 2. The molecule has 1 nitrogen and oxygen atoms in total. The van der Waals surface area contributed by atoms with Gasteiger partial charge in [-0.25, -0.2) is 0 Å². The van der Waals surface area contributed by atoms with Gasteiger partial charge in [-0.1, -0.05) is 84.0 Å². The van der Waals surface area contributed by atoms with Gasteiger partial charge in [0, 0.05) is 17.8 Å². The van der Waals surface area contributed by atoms with Crippen molar-refractivity contribution in [2.45, 2.75) is 13.8 Å². The third kappa shape index (κ3) is 3.34. The Kier molecular flexibility index (Phi) is 4.45. The standard InChI is InChI=1S/C25H23N/c1-18-14-19(2)16-22(15-18)21-12-11-20-8-4-3-7-13-26-25-10-6-5-9-23(25)24(20)17-21/h3-12,14-17,26H,13H2,1-2H3/b7-3-,8-4-. The molecule has 1 heteroatoms. The predicted molar refractivity (Wildman–Crippen MR) is 113 cm³/mol. The maximum atomic E-state index is 3.53. The summed E-state index contributed by atoms with van der Waals surface area (Å²) in [5.41, 5.74) is 10.0. The van der Waals surface area contributed by atoms with Gasteiger partial charge < -0.3 is 5.32 Å². The van der Waals surface area contributed by atoms with Crippen LogP contribution in [0, 0.1) is 13.8 Å². The molecule has 0 aromatic heterocycles. The number of hydrogen-bond acceptors (Lipinski definition) is 1. The van der Waals surface area contributed by atoms with E-state index in [0.29, 0.717) is 0 Å². The van der Waals surface area contributed by atoms with Crippen molar-refractivity contribution in [1.29, 1.82) is 0 Å². The first kappa shape index (κ1) is 16.4. The summed E-state index contributed by atoms with van der Waals surface area (Å²) in [6, 6.07) is 22.1. The summed E-state index contributed by atoms with van der Waals surface area (Å²) in [5, 5.41) is 3.53. The van der Waals surface area contributed by atoms with Crippen LogP contribution in [0.2, 0.25) is 0 Å². The number of para-hydroxylation sites is 1. The van der Waals surface area contributed by atoms with E-state index in [1.165, 1.54) is 44.6 Å². The average Bonchev–Trinajstić information content (AvgIpc) is 2.64. The van der Waals surface area contributed by atoms with Gasteiger partial charge in [-0.15, -0.1) is 0 Å². The Morgan fingerprint density at radius 3 is 2.38 bits per heavy atom. The zero-order valence-corrected chi connectivity index (χ0v) is 15.3. The van der Waals surface area contributed by atoms with Gasteiger partial charge in [0.25, 0.3) is 0 Å². The normalized spacial score (nSPS) is 15.3. The van der Waals surface area contributed by atoms with Crippen molar-refractivity contribution in [1.82, 2.24) is 0 Å². The summed E-state index contributed by atoms with van der Waals surface area (Å²) in [7, 11) is 0. The van der Waals surface area contributed by atoms with Gasteiger partial charge in [0.15, 0.2) is 0 Å². The van der Waals surface area contributed by atoms with Gasteiger partial charge in [-0.2, -0.15) is 0 Å². The van der Waals surface area contributed by atoms with Crippen LogP contribution in [0.3, 0.4) is 0 Å². The van der Waals surface area contributed by atoms with Gasteiger partial charge >= 0.3 is 0 Å². The van der Waals surface area contributed by atoms with Gasteiger partial charge in [-0.3, -0.25) is 0 Å². The number of benzene rings is 3. The van der Waals surface area contributed by atoms with E-state index in [-0.39, 0.29) is 0 Å². The lowest BCUT2D eigenvalue weighted by molar-refractivity contribution is 1.33. The van der Waals surface area contributed by atoms with E-state index in [1.807, 2.05) is 0 Å². The van der Waals surface area contributed by atoms with Crippen molar-refractivity contribution < 1.29 is 0 Å². The summed E-state index contributed by atoms with van der Waals surface area (Å²) in [5.74, 6) is 0. The van der Waals surface area contributed by atoms with Crippen molar-refractivity contribution in [2.24, 2.45) is 0 Å². The topological polar surface area (TPSA) is 12.0 Å². The number of fused-ring (bicyclic) bond motifs is 3. The molecule has 0 saturated carbocycles. The van der Waals surface area contributed by atoms with E-state index in [0.717, 1.165) is 6.54 Å². The smallest absolute Gasteiger partial charge is 0.0422 e. The van der Waals surface area contributed by atoms with Crippen LogP contribution in [-0.2, 0) is 0 Å². The third-order valence-electron chi connectivity index (χ3n) is 4.76. The van der Waals surface area contributed by atoms with Crippen LogP contribution < -0.4 is 5.32 Å². The fourth-order valence-corrected chi connectivity index (χ4v) is 3.60. The molecule has 128 valence electrons. The van der Waals surface area contributed by atoms with Gasteiger partial charge in [0.05, 0.1) is 0 Å². The molecule has 1 aliphatic rings. The quantitative estimate of drug-likeness (QED) is 0.525. The zero-order valence-electron chi connectivity index (χ0n) is 15.3. The Labute approximate surface area is 155 Å². The number of rotatable bonds is 1. The monoisotopic (exact) mass is 337 g/mol. The molecule has 0 bridgehead atoms. The van der Waals surface area contributed by atoms with Gasteiger partial charge in [0.1, 0.15) is 0 Å². The molecule has 0 spiro atoms. The molecule has 4 rings (SSSR count). The Hall–Kier alpha value is -3.06. The third-order valence-corrected chi connectivity index (χ3v) is 4.76. The number of anilines is 1. The van der Waals surface area contributed by atoms with E-state index in [9.17, 15) is 0 Å². The first-order chi connectivity index (χ1) is 12.7. The number of aryl methyl sites for hydroxylation is 2.